The van der Waals surface area contributed by atoms with E-state index < -0.39 is 10.8 Å². The van der Waals surface area contributed by atoms with Gasteiger partial charge >= 0.3 is 0 Å². The SMILES string of the molecule is CNC(=O)c1cccc(NC(=O)c2cc([N+](=O)[O-])ccc2N(C)C)c1. The number of carbonyl (C=O) groups excluding carboxylic acids is 2. The number of rotatable bonds is 5. The van der Waals surface area contributed by atoms with E-state index in [1.165, 1.54) is 31.3 Å². The average Bonchev–Trinajstić information content (AvgIpc) is 2.60. The predicted octanol–water partition coefficient (Wildman–Crippen LogP) is 2.27. The lowest BCUT2D eigenvalue weighted by Gasteiger charge is -2.17. The Kier molecular flexibility index (Phi) is 5.33. The maximum atomic E-state index is 12.6. The first-order valence-electron chi connectivity index (χ1n) is 7.42. The van der Waals surface area contributed by atoms with Crippen LogP contribution < -0.4 is 15.5 Å². The largest absolute Gasteiger partial charge is 0.377 e. The maximum absolute atomic E-state index is 12.6. The van der Waals surface area contributed by atoms with Gasteiger partial charge in [0.1, 0.15) is 0 Å². The molecule has 0 aliphatic heterocycles. The van der Waals surface area contributed by atoms with Gasteiger partial charge < -0.3 is 15.5 Å². The molecule has 0 saturated heterocycles. The Morgan fingerprint density at radius 1 is 1.08 bits per heavy atom. The van der Waals surface area contributed by atoms with E-state index in [1.54, 1.807) is 37.2 Å². The van der Waals surface area contributed by atoms with Crippen molar-refractivity contribution in [2.45, 2.75) is 0 Å². The molecule has 0 unspecified atom stereocenters. The molecule has 25 heavy (non-hydrogen) atoms. The monoisotopic (exact) mass is 342 g/mol. The third-order valence-electron chi connectivity index (χ3n) is 3.53. The number of nitrogens with one attached hydrogen (secondary N) is 2. The molecule has 130 valence electrons. The predicted molar refractivity (Wildman–Crippen MR) is 95.2 cm³/mol. The van der Waals surface area contributed by atoms with Crippen LogP contribution in [0.25, 0.3) is 0 Å². The van der Waals surface area contributed by atoms with E-state index in [0.29, 0.717) is 16.9 Å². The Hall–Kier alpha value is -3.42. The number of amides is 2. The van der Waals surface area contributed by atoms with Gasteiger partial charge in [-0.1, -0.05) is 6.07 Å². The summed E-state index contributed by atoms with van der Waals surface area (Å²) in [7, 11) is 4.99. The van der Waals surface area contributed by atoms with Gasteiger partial charge in [0.2, 0.25) is 0 Å². The van der Waals surface area contributed by atoms with Crippen molar-refractivity contribution in [3.8, 4) is 0 Å². The Labute approximate surface area is 144 Å². The number of carbonyl (C=O) groups is 2. The summed E-state index contributed by atoms with van der Waals surface area (Å²) in [6.07, 6.45) is 0. The second-order valence-electron chi connectivity index (χ2n) is 5.47. The number of hydrogen-bond acceptors (Lipinski definition) is 5. The number of nitro groups is 1. The van der Waals surface area contributed by atoms with Gasteiger partial charge in [0.25, 0.3) is 17.5 Å². The molecule has 2 rings (SSSR count). The van der Waals surface area contributed by atoms with Gasteiger partial charge in [-0.05, 0) is 24.3 Å². The minimum atomic E-state index is -0.553. The van der Waals surface area contributed by atoms with Gasteiger partial charge in [-0.2, -0.15) is 0 Å². The third-order valence-corrected chi connectivity index (χ3v) is 3.53. The number of nitrogens with zero attached hydrogens (tertiary/aromatic N) is 2. The van der Waals surface area contributed by atoms with E-state index in [4.69, 9.17) is 0 Å². The molecule has 2 aromatic rings. The van der Waals surface area contributed by atoms with Crippen LogP contribution >= 0.6 is 0 Å². The van der Waals surface area contributed by atoms with Gasteiger partial charge in [0.15, 0.2) is 0 Å². The molecule has 2 aromatic carbocycles. The molecule has 2 amide bonds. The summed E-state index contributed by atoms with van der Waals surface area (Å²) in [5.74, 6) is -0.776. The Morgan fingerprint density at radius 2 is 1.80 bits per heavy atom. The zero-order chi connectivity index (χ0) is 18.6. The topological polar surface area (TPSA) is 105 Å². The minimum Gasteiger partial charge on any atom is -0.377 e. The molecule has 8 heteroatoms. The highest BCUT2D eigenvalue weighted by Gasteiger charge is 2.18. The lowest BCUT2D eigenvalue weighted by molar-refractivity contribution is -0.384. The summed E-state index contributed by atoms with van der Waals surface area (Å²) < 4.78 is 0. The van der Waals surface area contributed by atoms with Crippen molar-refractivity contribution in [2.24, 2.45) is 0 Å². The third kappa shape index (κ3) is 4.11. The highest BCUT2D eigenvalue weighted by Crippen LogP contribution is 2.25. The van der Waals surface area contributed by atoms with Crippen LogP contribution in [0.1, 0.15) is 20.7 Å². The molecule has 0 atom stereocenters. The van der Waals surface area contributed by atoms with Crippen LogP contribution in [-0.4, -0.2) is 37.9 Å². The number of hydrogen-bond donors (Lipinski definition) is 2. The highest BCUT2D eigenvalue weighted by atomic mass is 16.6. The first kappa shape index (κ1) is 17.9. The molecule has 0 radical (unpaired) electrons. The zero-order valence-corrected chi connectivity index (χ0v) is 14.1. The first-order chi connectivity index (χ1) is 11.8. The fourth-order valence-corrected chi connectivity index (χ4v) is 2.29. The number of anilines is 2. The molecule has 0 aliphatic rings. The molecule has 0 saturated carbocycles. The normalized spacial score (nSPS) is 10.0. The smallest absolute Gasteiger partial charge is 0.270 e. The molecular formula is C17H18N4O4. The van der Waals surface area contributed by atoms with Crippen LogP contribution in [0.3, 0.4) is 0 Å². The molecule has 0 heterocycles. The van der Waals surface area contributed by atoms with Crippen molar-refractivity contribution >= 4 is 28.9 Å². The molecule has 0 aliphatic carbocycles. The van der Waals surface area contributed by atoms with Gasteiger partial charge in [-0.15, -0.1) is 0 Å². The molecule has 2 N–H and O–H groups in total. The second kappa shape index (κ2) is 7.43. The summed E-state index contributed by atoms with van der Waals surface area (Å²) in [6, 6.07) is 10.5. The van der Waals surface area contributed by atoms with Crippen molar-refractivity contribution in [2.75, 3.05) is 31.4 Å². The zero-order valence-electron chi connectivity index (χ0n) is 14.1. The van der Waals surface area contributed by atoms with E-state index in [-0.39, 0.29) is 17.2 Å². The summed E-state index contributed by atoms with van der Waals surface area (Å²) in [5.41, 5.74) is 1.36. The van der Waals surface area contributed by atoms with Crippen LogP contribution in [0, 0.1) is 10.1 Å². The molecule has 0 spiro atoms. The Bertz CT molecular complexity index is 833. The van der Waals surface area contributed by atoms with Gasteiger partial charge in [-0.3, -0.25) is 19.7 Å². The van der Waals surface area contributed by atoms with Crippen LogP contribution in [0.4, 0.5) is 17.1 Å². The van der Waals surface area contributed by atoms with Crippen molar-refractivity contribution in [1.29, 1.82) is 0 Å². The summed E-state index contributed by atoms with van der Waals surface area (Å²) in [6.45, 7) is 0. The lowest BCUT2D eigenvalue weighted by atomic mass is 10.1. The van der Waals surface area contributed by atoms with E-state index in [0.717, 1.165) is 0 Å². The van der Waals surface area contributed by atoms with Crippen LogP contribution in [0.15, 0.2) is 42.5 Å². The average molecular weight is 342 g/mol. The molecule has 0 fully saturated rings. The molecule has 0 aromatic heterocycles. The van der Waals surface area contributed by atoms with Crippen molar-refractivity contribution in [3.63, 3.8) is 0 Å². The Morgan fingerprint density at radius 3 is 2.40 bits per heavy atom. The van der Waals surface area contributed by atoms with E-state index in [1.807, 2.05) is 0 Å². The quantitative estimate of drug-likeness (QED) is 0.641. The van der Waals surface area contributed by atoms with Crippen molar-refractivity contribution in [3.05, 3.63) is 63.7 Å². The van der Waals surface area contributed by atoms with E-state index >= 15 is 0 Å². The van der Waals surface area contributed by atoms with Gasteiger partial charge in [-0.25, -0.2) is 0 Å². The van der Waals surface area contributed by atoms with E-state index in [9.17, 15) is 19.7 Å². The standard InChI is InChI=1S/C17H18N4O4/c1-18-16(22)11-5-4-6-12(9-11)19-17(23)14-10-13(21(24)25)7-8-15(14)20(2)3/h4-10H,1-3H3,(H,18,22)(H,19,23). The van der Waals surface area contributed by atoms with Crippen molar-refractivity contribution in [1.82, 2.24) is 5.32 Å². The Balaban J connectivity index is 2.36. The van der Waals surface area contributed by atoms with Crippen LogP contribution in [0.2, 0.25) is 0 Å². The summed E-state index contributed by atoms with van der Waals surface area (Å²) in [4.78, 5) is 36.4. The van der Waals surface area contributed by atoms with Gasteiger partial charge in [0.05, 0.1) is 10.5 Å². The fourth-order valence-electron chi connectivity index (χ4n) is 2.29. The van der Waals surface area contributed by atoms with Crippen LogP contribution in [0.5, 0.6) is 0 Å². The van der Waals surface area contributed by atoms with Crippen LogP contribution in [-0.2, 0) is 0 Å². The number of nitro benzene ring substituents is 1. The van der Waals surface area contributed by atoms with Crippen molar-refractivity contribution < 1.29 is 14.5 Å². The maximum Gasteiger partial charge on any atom is 0.270 e. The number of non-ortho nitro benzene ring substituents is 1. The lowest BCUT2D eigenvalue weighted by Crippen LogP contribution is -2.20. The molecule has 0 bridgehead atoms. The fraction of sp³-hybridized carbons (Fsp3) is 0.176. The second-order valence-corrected chi connectivity index (χ2v) is 5.47. The first-order valence-corrected chi connectivity index (χ1v) is 7.42. The van der Waals surface area contributed by atoms with Gasteiger partial charge in [0, 0.05) is 50.2 Å². The summed E-state index contributed by atoms with van der Waals surface area (Å²) >= 11 is 0. The number of benzene rings is 2. The van der Waals surface area contributed by atoms with E-state index in [2.05, 4.69) is 10.6 Å². The molecule has 8 nitrogen and oxygen atoms in total. The highest BCUT2D eigenvalue weighted by molar-refractivity contribution is 6.09. The summed E-state index contributed by atoms with van der Waals surface area (Å²) in [5, 5.41) is 16.2. The minimum absolute atomic E-state index is 0.171. The molecular weight excluding hydrogens is 324 g/mol.